The van der Waals surface area contributed by atoms with Crippen molar-refractivity contribution in [2.75, 3.05) is 0 Å². The monoisotopic (exact) mass is 400 g/mol. The Balaban J connectivity index is 1.65. The number of amides is 2. The fraction of sp³-hybridized carbons (Fsp3) is 0.300. The molecule has 146 valence electrons. The molecule has 1 aliphatic rings. The summed E-state index contributed by atoms with van der Waals surface area (Å²) in [6.45, 7) is 1.94. The fourth-order valence-electron chi connectivity index (χ4n) is 3.06. The molecule has 0 spiro atoms. The van der Waals surface area contributed by atoms with E-state index in [9.17, 15) is 19.6 Å². The number of benzene rings is 2. The summed E-state index contributed by atoms with van der Waals surface area (Å²) in [7, 11) is -1.72. The minimum atomic E-state index is -1.72. The van der Waals surface area contributed by atoms with Crippen molar-refractivity contribution in [2.45, 2.75) is 37.7 Å². The van der Waals surface area contributed by atoms with Gasteiger partial charge in [0.25, 0.3) is 5.91 Å². The first-order valence-electron chi connectivity index (χ1n) is 9.10. The smallest absolute Gasteiger partial charge is 0.426 e. The first-order valence-corrected chi connectivity index (χ1v) is 9.48. The Hall–Kier alpha value is -2.35. The van der Waals surface area contributed by atoms with Crippen molar-refractivity contribution in [3.05, 3.63) is 70.2 Å². The lowest BCUT2D eigenvalue weighted by Gasteiger charge is -2.23. The SMILES string of the molecule is Cc1cccc(C[C@H](NC(=O)C2(NC(=O)c3ccc(Cl)cc3)CC2)B(O)O)c1. The van der Waals surface area contributed by atoms with Crippen LogP contribution in [0.15, 0.2) is 48.5 Å². The molecule has 2 amide bonds. The molecule has 2 aromatic rings. The van der Waals surface area contributed by atoms with Crippen LogP contribution in [-0.4, -0.2) is 40.5 Å². The summed E-state index contributed by atoms with van der Waals surface area (Å²) in [4.78, 5) is 25.2. The van der Waals surface area contributed by atoms with Gasteiger partial charge in [-0.15, -0.1) is 0 Å². The number of carbonyl (C=O) groups is 2. The maximum Gasteiger partial charge on any atom is 0.475 e. The largest absolute Gasteiger partial charge is 0.475 e. The molecule has 2 aromatic carbocycles. The van der Waals surface area contributed by atoms with Crippen LogP contribution in [0.1, 0.15) is 34.3 Å². The van der Waals surface area contributed by atoms with Crippen LogP contribution < -0.4 is 10.6 Å². The van der Waals surface area contributed by atoms with Crippen molar-refractivity contribution in [1.82, 2.24) is 10.6 Å². The molecule has 1 aliphatic carbocycles. The highest BCUT2D eigenvalue weighted by molar-refractivity contribution is 6.43. The van der Waals surface area contributed by atoms with Gasteiger partial charge in [0.2, 0.25) is 5.91 Å². The number of nitrogens with one attached hydrogen (secondary N) is 2. The lowest BCUT2D eigenvalue weighted by atomic mass is 9.75. The maximum atomic E-state index is 12.8. The van der Waals surface area contributed by atoms with Gasteiger partial charge in [0.05, 0.1) is 5.94 Å². The first-order chi connectivity index (χ1) is 13.3. The molecule has 0 aromatic heterocycles. The molecule has 0 heterocycles. The summed E-state index contributed by atoms with van der Waals surface area (Å²) in [6, 6.07) is 14.0. The molecular weight excluding hydrogens is 378 g/mol. The first kappa shape index (κ1) is 20.4. The topological polar surface area (TPSA) is 98.7 Å². The molecule has 1 fully saturated rings. The van der Waals surface area contributed by atoms with Crippen LogP contribution in [0.3, 0.4) is 0 Å². The zero-order chi connectivity index (χ0) is 20.3. The Labute approximate surface area is 169 Å². The Morgan fingerprint density at radius 2 is 1.86 bits per heavy atom. The van der Waals surface area contributed by atoms with Gasteiger partial charge < -0.3 is 20.7 Å². The lowest BCUT2D eigenvalue weighted by molar-refractivity contribution is -0.124. The van der Waals surface area contributed by atoms with Gasteiger partial charge in [-0.1, -0.05) is 41.4 Å². The molecule has 0 radical (unpaired) electrons. The molecule has 0 saturated heterocycles. The van der Waals surface area contributed by atoms with Gasteiger partial charge in [0.15, 0.2) is 0 Å². The predicted octanol–water partition coefficient (Wildman–Crippen LogP) is 1.65. The average Bonchev–Trinajstić information content (AvgIpc) is 3.42. The number of rotatable bonds is 7. The van der Waals surface area contributed by atoms with E-state index in [4.69, 9.17) is 11.6 Å². The molecule has 6 nitrogen and oxygen atoms in total. The van der Waals surface area contributed by atoms with E-state index in [-0.39, 0.29) is 12.3 Å². The van der Waals surface area contributed by atoms with Crippen LogP contribution in [0.5, 0.6) is 0 Å². The Kier molecular flexibility index (Phi) is 6.08. The summed E-state index contributed by atoms with van der Waals surface area (Å²) < 4.78 is 0. The predicted molar refractivity (Wildman–Crippen MR) is 108 cm³/mol. The molecule has 28 heavy (non-hydrogen) atoms. The summed E-state index contributed by atoms with van der Waals surface area (Å²) in [5.74, 6) is -1.66. The van der Waals surface area contributed by atoms with Crippen LogP contribution >= 0.6 is 11.6 Å². The average molecular weight is 401 g/mol. The van der Waals surface area contributed by atoms with Crippen molar-refractivity contribution in [3.63, 3.8) is 0 Å². The van der Waals surface area contributed by atoms with E-state index >= 15 is 0 Å². The van der Waals surface area contributed by atoms with Gasteiger partial charge in [0.1, 0.15) is 5.54 Å². The van der Waals surface area contributed by atoms with E-state index in [2.05, 4.69) is 10.6 Å². The second kappa shape index (κ2) is 8.35. The third-order valence-corrected chi connectivity index (χ3v) is 5.11. The highest BCUT2D eigenvalue weighted by Crippen LogP contribution is 2.36. The highest BCUT2D eigenvalue weighted by atomic mass is 35.5. The number of carbonyl (C=O) groups excluding carboxylic acids is 2. The highest BCUT2D eigenvalue weighted by Gasteiger charge is 2.52. The lowest BCUT2D eigenvalue weighted by Crippen LogP contribution is -2.56. The van der Waals surface area contributed by atoms with Gasteiger partial charge in [-0.25, -0.2) is 0 Å². The normalized spacial score (nSPS) is 15.4. The second-order valence-corrected chi connectivity index (χ2v) is 7.67. The fourth-order valence-corrected chi connectivity index (χ4v) is 3.18. The number of hydrogen-bond donors (Lipinski definition) is 4. The third kappa shape index (κ3) is 4.92. The molecule has 8 heteroatoms. The van der Waals surface area contributed by atoms with Gasteiger partial charge in [-0.2, -0.15) is 0 Å². The van der Waals surface area contributed by atoms with E-state index < -0.39 is 24.5 Å². The zero-order valence-corrected chi connectivity index (χ0v) is 16.2. The quantitative estimate of drug-likeness (QED) is 0.531. The Morgan fingerprint density at radius 1 is 1.18 bits per heavy atom. The maximum absolute atomic E-state index is 12.8. The minimum Gasteiger partial charge on any atom is -0.426 e. The molecule has 1 saturated carbocycles. The zero-order valence-electron chi connectivity index (χ0n) is 15.5. The van der Waals surface area contributed by atoms with Gasteiger partial charge >= 0.3 is 7.12 Å². The van der Waals surface area contributed by atoms with E-state index in [1.807, 2.05) is 31.2 Å². The summed E-state index contributed by atoms with van der Waals surface area (Å²) in [6.07, 6.45) is 1.26. The molecular formula is C20H22BClN2O4. The van der Waals surface area contributed by atoms with Crippen LogP contribution in [0.2, 0.25) is 5.02 Å². The van der Waals surface area contributed by atoms with Gasteiger partial charge in [-0.3, -0.25) is 9.59 Å². The van der Waals surface area contributed by atoms with Crippen molar-refractivity contribution in [1.29, 1.82) is 0 Å². The van der Waals surface area contributed by atoms with Crippen LogP contribution in [0.4, 0.5) is 0 Å². The van der Waals surface area contributed by atoms with Gasteiger partial charge in [0, 0.05) is 10.6 Å². The van der Waals surface area contributed by atoms with Crippen molar-refractivity contribution in [2.24, 2.45) is 0 Å². The second-order valence-electron chi connectivity index (χ2n) is 7.23. The minimum absolute atomic E-state index is 0.270. The molecule has 3 rings (SSSR count). The van der Waals surface area contributed by atoms with Crippen LogP contribution in [-0.2, 0) is 11.2 Å². The van der Waals surface area contributed by atoms with Gasteiger partial charge in [-0.05, 0) is 56.0 Å². The van der Waals surface area contributed by atoms with E-state index in [0.29, 0.717) is 23.4 Å². The van der Waals surface area contributed by atoms with E-state index in [1.165, 1.54) is 0 Å². The summed E-state index contributed by atoms with van der Waals surface area (Å²) >= 11 is 5.83. The number of hydrogen-bond acceptors (Lipinski definition) is 4. The summed E-state index contributed by atoms with van der Waals surface area (Å²) in [5, 5.41) is 25.4. The van der Waals surface area contributed by atoms with Crippen molar-refractivity contribution < 1.29 is 19.6 Å². The standard InChI is InChI=1S/C20H22BClN2O4/c1-13-3-2-4-14(11-13)12-17(21(27)28)23-19(26)20(9-10-20)24-18(25)15-5-7-16(22)8-6-15/h2-8,11,17,27-28H,9-10,12H2,1H3,(H,23,26)(H,24,25)/t17-/m0/s1. The van der Waals surface area contributed by atoms with Crippen LogP contribution in [0, 0.1) is 6.92 Å². The van der Waals surface area contributed by atoms with E-state index in [1.54, 1.807) is 24.3 Å². The molecule has 0 aliphatic heterocycles. The van der Waals surface area contributed by atoms with Crippen LogP contribution in [0.25, 0.3) is 0 Å². The number of aryl methyl sites for hydroxylation is 1. The van der Waals surface area contributed by atoms with Crippen molar-refractivity contribution in [3.8, 4) is 0 Å². The molecule has 1 atom stereocenters. The molecule has 4 N–H and O–H groups in total. The molecule has 0 bridgehead atoms. The molecule has 0 unspecified atom stereocenters. The Morgan fingerprint density at radius 3 is 2.43 bits per heavy atom. The Bertz CT molecular complexity index is 869. The number of halogens is 1. The van der Waals surface area contributed by atoms with Crippen molar-refractivity contribution >= 4 is 30.5 Å². The summed E-state index contributed by atoms with van der Waals surface area (Å²) in [5.41, 5.74) is 1.32. The third-order valence-electron chi connectivity index (χ3n) is 4.86. The van der Waals surface area contributed by atoms with E-state index in [0.717, 1.165) is 11.1 Å².